The van der Waals surface area contributed by atoms with Crippen LogP contribution in [-0.4, -0.2) is 58.3 Å². The second-order valence-electron chi connectivity index (χ2n) is 5.85. The van der Waals surface area contributed by atoms with Gasteiger partial charge in [0.2, 0.25) is 0 Å². The van der Waals surface area contributed by atoms with Crippen LogP contribution in [0, 0.1) is 0 Å². The van der Waals surface area contributed by atoms with Crippen LogP contribution in [-0.2, 0) is 17.8 Å². The van der Waals surface area contributed by atoms with E-state index in [1.165, 1.54) is 0 Å². The van der Waals surface area contributed by atoms with Gasteiger partial charge in [-0.1, -0.05) is 19.1 Å². The molecule has 0 aliphatic carbocycles. The minimum atomic E-state index is 0.331. The van der Waals surface area contributed by atoms with Crippen molar-refractivity contribution in [2.75, 3.05) is 26.2 Å². The quantitative estimate of drug-likeness (QED) is 0.732. The highest BCUT2D eigenvalue weighted by atomic mass is 16.5. The van der Waals surface area contributed by atoms with Crippen molar-refractivity contribution < 1.29 is 4.74 Å². The third-order valence-electron chi connectivity index (χ3n) is 3.99. The molecule has 21 heavy (non-hydrogen) atoms. The van der Waals surface area contributed by atoms with Crippen LogP contribution in [0.3, 0.4) is 0 Å². The molecule has 0 saturated carbocycles. The molecule has 1 aromatic rings. The lowest BCUT2D eigenvalue weighted by Gasteiger charge is -2.38. The van der Waals surface area contributed by atoms with E-state index in [1.807, 2.05) is 10.9 Å². The molecule has 0 spiro atoms. The summed E-state index contributed by atoms with van der Waals surface area (Å²) in [6, 6.07) is 0.537. The van der Waals surface area contributed by atoms with Gasteiger partial charge in [0.15, 0.2) is 0 Å². The highest BCUT2D eigenvalue weighted by molar-refractivity contribution is 4.91. The van der Waals surface area contributed by atoms with Crippen LogP contribution in [0.25, 0.3) is 0 Å². The fourth-order valence-electron chi connectivity index (χ4n) is 2.72. The van der Waals surface area contributed by atoms with Gasteiger partial charge in [-0.25, -0.2) is 0 Å². The zero-order valence-corrected chi connectivity index (χ0v) is 13.6. The topological polar surface area (TPSA) is 55.2 Å². The molecule has 1 fully saturated rings. The van der Waals surface area contributed by atoms with Crippen LogP contribution in [0.5, 0.6) is 0 Å². The molecular formula is C15H29N5O. The molecule has 1 aromatic heterocycles. The zero-order chi connectivity index (χ0) is 15.1. The third-order valence-corrected chi connectivity index (χ3v) is 3.99. The molecule has 120 valence electrons. The molecule has 2 atom stereocenters. The maximum absolute atomic E-state index is 5.74. The number of ether oxygens (including phenoxy) is 1. The van der Waals surface area contributed by atoms with Gasteiger partial charge in [0.1, 0.15) is 0 Å². The van der Waals surface area contributed by atoms with E-state index in [0.717, 1.165) is 57.9 Å². The van der Waals surface area contributed by atoms with E-state index in [1.54, 1.807) is 0 Å². The lowest BCUT2D eigenvalue weighted by atomic mass is 10.1. The largest absolute Gasteiger partial charge is 0.376 e. The Labute approximate surface area is 127 Å². The van der Waals surface area contributed by atoms with Crippen molar-refractivity contribution >= 4 is 0 Å². The first-order chi connectivity index (χ1) is 10.2. The Hall–Kier alpha value is -0.980. The van der Waals surface area contributed by atoms with E-state index >= 15 is 0 Å². The first-order valence-corrected chi connectivity index (χ1v) is 8.18. The molecule has 2 heterocycles. The van der Waals surface area contributed by atoms with Gasteiger partial charge in [0.05, 0.1) is 24.9 Å². The minimum Gasteiger partial charge on any atom is -0.376 e. The van der Waals surface area contributed by atoms with Crippen LogP contribution in [0.1, 0.15) is 39.3 Å². The average Bonchev–Trinajstić information content (AvgIpc) is 2.93. The van der Waals surface area contributed by atoms with Gasteiger partial charge in [-0.3, -0.25) is 9.58 Å². The second-order valence-corrected chi connectivity index (χ2v) is 5.85. The first kappa shape index (κ1) is 16.4. The fraction of sp³-hybridized carbons (Fsp3) is 0.867. The van der Waals surface area contributed by atoms with E-state index in [-0.39, 0.29) is 0 Å². The first-order valence-electron chi connectivity index (χ1n) is 8.18. The van der Waals surface area contributed by atoms with Gasteiger partial charge in [-0.05, 0) is 26.3 Å². The predicted octanol–water partition coefficient (Wildman–Crippen LogP) is 1.28. The van der Waals surface area contributed by atoms with E-state index in [0.29, 0.717) is 12.1 Å². The van der Waals surface area contributed by atoms with Crippen LogP contribution in [0.4, 0.5) is 0 Å². The molecule has 0 radical (unpaired) electrons. The average molecular weight is 295 g/mol. The summed E-state index contributed by atoms with van der Waals surface area (Å²) in [5, 5.41) is 11.8. The zero-order valence-electron chi connectivity index (χ0n) is 13.6. The lowest BCUT2D eigenvalue weighted by molar-refractivity contribution is -0.0569. The second kappa shape index (κ2) is 8.46. The summed E-state index contributed by atoms with van der Waals surface area (Å²) in [5.74, 6) is 0. The summed E-state index contributed by atoms with van der Waals surface area (Å²) in [4.78, 5) is 2.52. The molecule has 1 aliphatic heterocycles. The molecular weight excluding hydrogens is 266 g/mol. The molecule has 0 aromatic carbocycles. The highest BCUT2D eigenvalue weighted by Crippen LogP contribution is 2.14. The summed E-state index contributed by atoms with van der Waals surface area (Å²) in [5.41, 5.74) is 1.02. The van der Waals surface area contributed by atoms with Gasteiger partial charge in [0.25, 0.3) is 0 Å². The summed E-state index contributed by atoms with van der Waals surface area (Å²) in [6.07, 6.45) is 4.66. The molecule has 1 N–H and O–H groups in total. The van der Waals surface area contributed by atoms with Crippen molar-refractivity contribution in [2.45, 2.75) is 58.8 Å². The smallest absolute Gasteiger partial charge is 0.0964 e. The Morgan fingerprint density at radius 2 is 2.24 bits per heavy atom. The minimum absolute atomic E-state index is 0.331. The van der Waals surface area contributed by atoms with E-state index < -0.39 is 0 Å². The van der Waals surface area contributed by atoms with E-state index in [9.17, 15) is 0 Å². The summed E-state index contributed by atoms with van der Waals surface area (Å²) in [7, 11) is 0. The van der Waals surface area contributed by atoms with Crippen LogP contribution in [0.2, 0.25) is 0 Å². The number of hydrogen-bond donors (Lipinski definition) is 1. The standard InChI is InChI=1S/C15H29N5O/c1-4-6-16-9-14-11-20(18-17-14)8-7-19-10-13(3)21-12-15(19)5-2/h11,13,15-16H,4-10,12H2,1-3H3. The number of hydrogen-bond acceptors (Lipinski definition) is 5. The lowest BCUT2D eigenvalue weighted by Crippen LogP contribution is -2.49. The molecule has 2 rings (SSSR count). The van der Waals surface area contributed by atoms with Crippen LogP contribution in [0.15, 0.2) is 6.20 Å². The Bertz CT molecular complexity index is 409. The highest BCUT2D eigenvalue weighted by Gasteiger charge is 2.25. The number of nitrogens with zero attached hydrogens (tertiary/aromatic N) is 4. The molecule has 1 saturated heterocycles. The van der Waals surface area contributed by atoms with Gasteiger partial charge in [0, 0.05) is 31.9 Å². The van der Waals surface area contributed by atoms with Crippen molar-refractivity contribution in [3.63, 3.8) is 0 Å². The molecule has 0 bridgehead atoms. The van der Waals surface area contributed by atoms with Gasteiger partial charge >= 0.3 is 0 Å². The molecule has 6 nitrogen and oxygen atoms in total. The van der Waals surface area contributed by atoms with Gasteiger partial charge in [-0.2, -0.15) is 0 Å². The fourth-order valence-corrected chi connectivity index (χ4v) is 2.72. The monoisotopic (exact) mass is 295 g/mol. The number of aromatic nitrogens is 3. The Kier molecular flexibility index (Phi) is 6.60. The Morgan fingerprint density at radius 1 is 1.38 bits per heavy atom. The van der Waals surface area contributed by atoms with Gasteiger partial charge < -0.3 is 10.1 Å². The number of morpholine rings is 1. The van der Waals surface area contributed by atoms with Crippen LogP contribution >= 0.6 is 0 Å². The van der Waals surface area contributed by atoms with Gasteiger partial charge in [-0.15, -0.1) is 5.10 Å². The normalized spacial score (nSPS) is 23.6. The van der Waals surface area contributed by atoms with Crippen molar-refractivity contribution in [1.82, 2.24) is 25.2 Å². The van der Waals surface area contributed by atoms with Crippen molar-refractivity contribution in [3.8, 4) is 0 Å². The predicted molar refractivity (Wildman–Crippen MR) is 83.1 cm³/mol. The Balaban J connectivity index is 1.78. The summed E-state index contributed by atoms with van der Waals surface area (Å²) in [6.45, 7) is 12.1. The molecule has 6 heteroatoms. The van der Waals surface area contributed by atoms with Crippen molar-refractivity contribution in [2.24, 2.45) is 0 Å². The van der Waals surface area contributed by atoms with E-state index in [2.05, 4.69) is 41.3 Å². The van der Waals surface area contributed by atoms with E-state index in [4.69, 9.17) is 4.74 Å². The third kappa shape index (κ3) is 5.05. The molecule has 1 aliphatic rings. The Morgan fingerprint density at radius 3 is 3.00 bits per heavy atom. The summed E-state index contributed by atoms with van der Waals surface area (Å²) >= 11 is 0. The van der Waals surface area contributed by atoms with Crippen molar-refractivity contribution in [1.29, 1.82) is 0 Å². The summed E-state index contributed by atoms with van der Waals surface area (Å²) < 4.78 is 7.69. The maximum atomic E-state index is 5.74. The number of rotatable bonds is 8. The maximum Gasteiger partial charge on any atom is 0.0964 e. The molecule has 0 amide bonds. The molecule has 2 unspecified atom stereocenters. The number of nitrogens with one attached hydrogen (secondary N) is 1. The SMILES string of the molecule is CCCNCc1cn(CCN2CC(C)OCC2CC)nn1. The van der Waals surface area contributed by atoms with Crippen molar-refractivity contribution in [3.05, 3.63) is 11.9 Å². The van der Waals surface area contributed by atoms with Crippen LogP contribution < -0.4 is 5.32 Å².